The summed E-state index contributed by atoms with van der Waals surface area (Å²) in [5, 5.41) is 0. The smallest absolute Gasteiger partial charge is 0.0586 e. The second-order valence-electron chi connectivity index (χ2n) is 6.02. The third-order valence-electron chi connectivity index (χ3n) is 4.91. The predicted octanol–water partition coefficient (Wildman–Crippen LogP) is 2.96. The van der Waals surface area contributed by atoms with Crippen LogP contribution in [0.5, 0.6) is 0 Å². The van der Waals surface area contributed by atoms with Gasteiger partial charge in [-0.1, -0.05) is 19.8 Å². The molecule has 0 aromatic carbocycles. The van der Waals surface area contributed by atoms with E-state index in [1.54, 1.807) is 0 Å². The van der Waals surface area contributed by atoms with E-state index in [4.69, 9.17) is 10.5 Å². The molecule has 2 heteroatoms. The molecule has 94 valence electrons. The molecule has 0 heterocycles. The summed E-state index contributed by atoms with van der Waals surface area (Å²) >= 11 is 0. The molecule has 0 amide bonds. The van der Waals surface area contributed by atoms with Gasteiger partial charge in [-0.05, 0) is 49.9 Å². The van der Waals surface area contributed by atoms with Crippen molar-refractivity contribution in [1.29, 1.82) is 0 Å². The first kappa shape index (κ1) is 12.4. The van der Waals surface area contributed by atoms with Gasteiger partial charge in [0.05, 0.1) is 6.10 Å². The Bertz CT molecular complexity index is 211. The standard InChI is InChI=1S/C14H27NO/c1-10-3-5-11(6-4-10)13-8-7-12(16-2)9-14(13)15/h10-14H,3-9,15H2,1-2H3. The number of methoxy groups -OCH3 is 1. The molecular formula is C14H27NO. The molecule has 0 aliphatic heterocycles. The normalized spacial score (nSPS) is 45.6. The highest BCUT2D eigenvalue weighted by molar-refractivity contribution is 4.88. The zero-order valence-electron chi connectivity index (χ0n) is 10.8. The van der Waals surface area contributed by atoms with Crippen LogP contribution in [0.1, 0.15) is 51.9 Å². The van der Waals surface area contributed by atoms with Gasteiger partial charge in [-0.15, -0.1) is 0 Å². The predicted molar refractivity (Wildman–Crippen MR) is 67.2 cm³/mol. The van der Waals surface area contributed by atoms with E-state index in [9.17, 15) is 0 Å². The summed E-state index contributed by atoms with van der Waals surface area (Å²) in [6, 6.07) is 0.386. The molecule has 2 aliphatic rings. The summed E-state index contributed by atoms with van der Waals surface area (Å²) < 4.78 is 5.43. The Labute approximate surface area is 99.9 Å². The Morgan fingerprint density at radius 1 is 1.00 bits per heavy atom. The van der Waals surface area contributed by atoms with Crippen LogP contribution in [0.15, 0.2) is 0 Å². The van der Waals surface area contributed by atoms with E-state index in [1.165, 1.54) is 38.5 Å². The van der Waals surface area contributed by atoms with Gasteiger partial charge in [-0.25, -0.2) is 0 Å². The summed E-state index contributed by atoms with van der Waals surface area (Å²) in [5.74, 6) is 2.63. The molecule has 2 saturated carbocycles. The maximum atomic E-state index is 6.33. The second-order valence-corrected chi connectivity index (χ2v) is 6.02. The SMILES string of the molecule is COC1CCC(C2CCC(C)CC2)C(N)C1. The lowest BCUT2D eigenvalue weighted by Crippen LogP contribution is -2.43. The van der Waals surface area contributed by atoms with Gasteiger partial charge in [0.15, 0.2) is 0 Å². The Morgan fingerprint density at radius 2 is 1.69 bits per heavy atom. The first-order valence-electron chi connectivity index (χ1n) is 6.99. The molecule has 2 nitrogen and oxygen atoms in total. The van der Waals surface area contributed by atoms with Crippen LogP contribution in [-0.2, 0) is 4.74 Å². The van der Waals surface area contributed by atoms with E-state index < -0.39 is 0 Å². The Kier molecular flexibility index (Phi) is 4.26. The van der Waals surface area contributed by atoms with Gasteiger partial charge in [0.25, 0.3) is 0 Å². The molecule has 16 heavy (non-hydrogen) atoms. The highest BCUT2D eigenvalue weighted by atomic mass is 16.5. The van der Waals surface area contributed by atoms with Crippen LogP contribution in [0, 0.1) is 17.8 Å². The number of rotatable bonds is 2. The molecule has 2 N–H and O–H groups in total. The molecule has 0 bridgehead atoms. The van der Waals surface area contributed by atoms with E-state index in [0.29, 0.717) is 12.1 Å². The molecule has 2 fully saturated rings. The maximum absolute atomic E-state index is 6.33. The topological polar surface area (TPSA) is 35.2 Å². The van der Waals surface area contributed by atoms with Gasteiger partial charge in [-0.2, -0.15) is 0 Å². The summed E-state index contributed by atoms with van der Waals surface area (Å²) in [4.78, 5) is 0. The van der Waals surface area contributed by atoms with Crippen molar-refractivity contribution in [3.63, 3.8) is 0 Å². The summed E-state index contributed by atoms with van der Waals surface area (Å²) in [6.45, 7) is 2.39. The summed E-state index contributed by atoms with van der Waals surface area (Å²) in [5.41, 5.74) is 6.33. The first-order valence-corrected chi connectivity index (χ1v) is 6.99. The molecule has 3 unspecified atom stereocenters. The van der Waals surface area contributed by atoms with Crippen LogP contribution in [0.3, 0.4) is 0 Å². The van der Waals surface area contributed by atoms with Crippen LogP contribution >= 0.6 is 0 Å². The first-order chi connectivity index (χ1) is 7.70. The fraction of sp³-hybridized carbons (Fsp3) is 1.00. The molecule has 0 saturated heterocycles. The number of hydrogen-bond donors (Lipinski definition) is 1. The molecule has 0 aromatic heterocycles. The third-order valence-corrected chi connectivity index (χ3v) is 4.91. The van der Waals surface area contributed by atoms with Crippen LogP contribution in [0.4, 0.5) is 0 Å². The van der Waals surface area contributed by atoms with E-state index in [-0.39, 0.29) is 0 Å². The molecule has 3 atom stereocenters. The van der Waals surface area contributed by atoms with Crippen LogP contribution in [0.25, 0.3) is 0 Å². The molecule has 2 rings (SSSR count). The second kappa shape index (κ2) is 5.50. The Hall–Kier alpha value is -0.0800. The minimum atomic E-state index is 0.386. The van der Waals surface area contributed by atoms with Crippen molar-refractivity contribution in [1.82, 2.24) is 0 Å². The van der Waals surface area contributed by atoms with Crippen molar-refractivity contribution < 1.29 is 4.74 Å². The van der Waals surface area contributed by atoms with E-state index >= 15 is 0 Å². The van der Waals surface area contributed by atoms with Gasteiger partial charge in [-0.3, -0.25) is 0 Å². The van der Waals surface area contributed by atoms with Gasteiger partial charge in [0.1, 0.15) is 0 Å². The van der Waals surface area contributed by atoms with Gasteiger partial charge < -0.3 is 10.5 Å². The van der Waals surface area contributed by atoms with Gasteiger partial charge in [0, 0.05) is 13.2 Å². The van der Waals surface area contributed by atoms with Crippen LogP contribution in [-0.4, -0.2) is 19.3 Å². The quantitative estimate of drug-likeness (QED) is 0.784. The number of ether oxygens (including phenoxy) is 1. The third kappa shape index (κ3) is 2.78. The van der Waals surface area contributed by atoms with E-state index in [1.807, 2.05) is 7.11 Å². The lowest BCUT2D eigenvalue weighted by Gasteiger charge is -2.40. The largest absolute Gasteiger partial charge is 0.381 e. The van der Waals surface area contributed by atoms with Gasteiger partial charge in [0.2, 0.25) is 0 Å². The Balaban J connectivity index is 1.85. The van der Waals surface area contributed by atoms with Crippen molar-refractivity contribution in [2.24, 2.45) is 23.5 Å². The van der Waals surface area contributed by atoms with E-state index in [2.05, 4.69) is 6.92 Å². The van der Waals surface area contributed by atoms with Crippen molar-refractivity contribution in [2.45, 2.75) is 64.0 Å². The lowest BCUT2D eigenvalue weighted by atomic mass is 9.69. The number of nitrogens with two attached hydrogens (primary N) is 1. The molecule has 2 aliphatic carbocycles. The highest BCUT2D eigenvalue weighted by Gasteiger charge is 2.34. The van der Waals surface area contributed by atoms with Crippen molar-refractivity contribution in [3.8, 4) is 0 Å². The number of hydrogen-bond acceptors (Lipinski definition) is 2. The fourth-order valence-electron chi connectivity index (χ4n) is 3.70. The van der Waals surface area contributed by atoms with Crippen LogP contribution < -0.4 is 5.73 Å². The molecule has 0 spiro atoms. The van der Waals surface area contributed by atoms with Gasteiger partial charge >= 0.3 is 0 Å². The highest BCUT2D eigenvalue weighted by Crippen LogP contribution is 2.39. The fourth-order valence-corrected chi connectivity index (χ4v) is 3.70. The average molecular weight is 225 g/mol. The summed E-state index contributed by atoms with van der Waals surface area (Å²) in [7, 11) is 1.82. The zero-order chi connectivity index (χ0) is 11.5. The van der Waals surface area contributed by atoms with Crippen molar-refractivity contribution in [2.75, 3.05) is 7.11 Å². The van der Waals surface area contributed by atoms with E-state index in [0.717, 1.165) is 24.2 Å². The summed E-state index contributed by atoms with van der Waals surface area (Å²) in [6.07, 6.45) is 9.68. The lowest BCUT2D eigenvalue weighted by molar-refractivity contribution is 0.0287. The minimum Gasteiger partial charge on any atom is -0.381 e. The minimum absolute atomic E-state index is 0.386. The van der Waals surface area contributed by atoms with Crippen LogP contribution in [0.2, 0.25) is 0 Å². The Morgan fingerprint density at radius 3 is 2.25 bits per heavy atom. The average Bonchev–Trinajstić information content (AvgIpc) is 2.30. The molecule has 0 aromatic rings. The molecular weight excluding hydrogens is 198 g/mol. The monoisotopic (exact) mass is 225 g/mol. The van der Waals surface area contributed by atoms with Crippen molar-refractivity contribution in [3.05, 3.63) is 0 Å². The maximum Gasteiger partial charge on any atom is 0.0586 e. The zero-order valence-corrected chi connectivity index (χ0v) is 10.8. The van der Waals surface area contributed by atoms with Crippen molar-refractivity contribution >= 4 is 0 Å². The molecule has 0 radical (unpaired) electrons.